The predicted molar refractivity (Wildman–Crippen MR) is 83.5 cm³/mol. The summed E-state index contributed by atoms with van der Waals surface area (Å²) in [5.41, 5.74) is 1.14. The standard InChI is InChI=1S/C16H24N2O2S/c1-18(15-4-2-3-5-15)21(19,20)16-10-6-13(7-11-16)12-17-14-8-9-14/h6-7,10-11,14-15,17H,2-5,8-9,12H2,1H3. The van der Waals surface area contributed by atoms with Gasteiger partial charge >= 0.3 is 0 Å². The molecule has 0 radical (unpaired) electrons. The van der Waals surface area contributed by atoms with Crippen molar-refractivity contribution in [2.24, 2.45) is 0 Å². The average Bonchev–Trinajstić information content (AvgIpc) is 3.16. The van der Waals surface area contributed by atoms with E-state index in [1.807, 2.05) is 12.1 Å². The largest absolute Gasteiger partial charge is 0.310 e. The van der Waals surface area contributed by atoms with Crippen molar-refractivity contribution >= 4 is 10.0 Å². The highest BCUT2D eigenvalue weighted by molar-refractivity contribution is 7.89. The molecule has 0 aliphatic heterocycles. The Kier molecular flexibility index (Phi) is 4.33. The van der Waals surface area contributed by atoms with Gasteiger partial charge in [-0.1, -0.05) is 25.0 Å². The first kappa shape index (κ1) is 15.0. The third-order valence-corrected chi connectivity index (χ3v) is 6.54. The Morgan fingerprint density at radius 2 is 1.71 bits per heavy atom. The average molecular weight is 308 g/mol. The third kappa shape index (κ3) is 3.47. The van der Waals surface area contributed by atoms with Gasteiger partial charge in [0.25, 0.3) is 0 Å². The maximum atomic E-state index is 12.6. The van der Waals surface area contributed by atoms with Crippen LogP contribution in [0.4, 0.5) is 0 Å². The van der Waals surface area contributed by atoms with Crippen LogP contribution in [0.15, 0.2) is 29.2 Å². The summed E-state index contributed by atoms with van der Waals surface area (Å²) in [6, 6.07) is 8.17. The number of nitrogens with zero attached hydrogens (tertiary/aromatic N) is 1. The predicted octanol–water partition coefficient (Wildman–Crippen LogP) is 2.50. The maximum absolute atomic E-state index is 12.6. The van der Waals surface area contributed by atoms with Gasteiger partial charge in [-0.3, -0.25) is 0 Å². The topological polar surface area (TPSA) is 49.4 Å². The fourth-order valence-corrected chi connectivity index (χ4v) is 4.38. The minimum Gasteiger partial charge on any atom is -0.310 e. The fourth-order valence-electron chi connectivity index (χ4n) is 2.96. The van der Waals surface area contributed by atoms with Crippen molar-refractivity contribution in [2.75, 3.05) is 7.05 Å². The molecule has 1 aromatic carbocycles. The molecule has 0 saturated heterocycles. The molecule has 0 atom stereocenters. The molecule has 2 aliphatic carbocycles. The van der Waals surface area contributed by atoms with E-state index < -0.39 is 10.0 Å². The summed E-state index contributed by atoms with van der Waals surface area (Å²) < 4.78 is 26.8. The second-order valence-electron chi connectivity index (χ2n) is 6.26. The van der Waals surface area contributed by atoms with Crippen LogP contribution in [0.2, 0.25) is 0 Å². The van der Waals surface area contributed by atoms with Crippen LogP contribution in [0.5, 0.6) is 0 Å². The van der Waals surface area contributed by atoms with Gasteiger partial charge in [0, 0.05) is 25.7 Å². The fraction of sp³-hybridized carbons (Fsp3) is 0.625. The molecule has 3 rings (SSSR count). The van der Waals surface area contributed by atoms with Gasteiger partial charge in [-0.05, 0) is 43.4 Å². The molecule has 4 nitrogen and oxygen atoms in total. The SMILES string of the molecule is CN(C1CCCC1)S(=O)(=O)c1ccc(CNC2CC2)cc1. The molecule has 0 aromatic heterocycles. The van der Waals surface area contributed by atoms with Crippen LogP contribution >= 0.6 is 0 Å². The maximum Gasteiger partial charge on any atom is 0.243 e. The van der Waals surface area contributed by atoms with Crippen LogP contribution in [0, 0.1) is 0 Å². The van der Waals surface area contributed by atoms with Crippen LogP contribution < -0.4 is 5.32 Å². The van der Waals surface area contributed by atoms with E-state index in [0.717, 1.165) is 37.8 Å². The number of rotatable bonds is 6. The number of hydrogen-bond donors (Lipinski definition) is 1. The molecule has 0 spiro atoms. The molecule has 0 unspecified atom stereocenters. The van der Waals surface area contributed by atoms with Crippen molar-refractivity contribution in [3.05, 3.63) is 29.8 Å². The molecule has 2 saturated carbocycles. The van der Waals surface area contributed by atoms with Crippen molar-refractivity contribution < 1.29 is 8.42 Å². The number of benzene rings is 1. The molecule has 5 heteroatoms. The van der Waals surface area contributed by atoms with Crippen LogP contribution in [0.25, 0.3) is 0 Å². The Balaban J connectivity index is 1.68. The minimum atomic E-state index is -3.35. The summed E-state index contributed by atoms with van der Waals surface area (Å²) in [4.78, 5) is 0.409. The monoisotopic (exact) mass is 308 g/mol. The first-order valence-electron chi connectivity index (χ1n) is 7.88. The quantitative estimate of drug-likeness (QED) is 0.878. The van der Waals surface area contributed by atoms with Crippen molar-refractivity contribution in [2.45, 2.75) is 62.0 Å². The van der Waals surface area contributed by atoms with Crippen LogP contribution in [-0.4, -0.2) is 31.9 Å². The number of hydrogen-bond acceptors (Lipinski definition) is 3. The Bertz CT molecular complexity index is 573. The zero-order chi connectivity index (χ0) is 14.9. The first-order valence-corrected chi connectivity index (χ1v) is 9.32. The number of nitrogens with one attached hydrogen (secondary N) is 1. The lowest BCUT2D eigenvalue weighted by Crippen LogP contribution is -2.35. The van der Waals surface area contributed by atoms with Gasteiger partial charge < -0.3 is 5.32 Å². The molecular formula is C16H24N2O2S. The lowest BCUT2D eigenvalue weighted by atomic mass is 10.2. The molecule has 1 aromatic rings. The zero-order valence-electron chi connectivity index (χ0n) is 12.6. The number of sulfonamides is 1. The van der Waals surface area contributed by atoms with E-state index in [2.05, 4.69) is 5.32 Å². The zero-order valence-corrected chi connectivity index (χ0v) is 13.4. The molecular weight excluding hydrogens is 284 g/mol. The Morgan fingerprint density at radius 3 is 2.29 bits per heavy atom. The summed E-state index contributed by atoms with van der Waals surface area (Å²) >= 11 is 0. The van der Waals surface area contributed by atoms with Crippen LogP contribution in [0.3, 0.4) is 0 Å². The van der Waals surface area contributed by atoms with Crippen LogP contribution in [-0.2, 0) is 16.6 Å². The van der Waals surface area contributed by atoms with Gasteiger partial charge in [-0.15, -0.1) is 0 Å². The normalized spacial score (nSPS) is 20.3. The van der Waals surface area contributed by atoms with E-state index in [1.54, 1.807) is 23.5 Å². The van der Waals surface area contributed by atoms with Gasteiger partial charge in [-0.2, -0.15) is 4.31 Å². The smallest absolute Gasteiger partial charge is 0.243 e. The van der Waals surface area contributed by atoms with E-state index in [9.17, 15) is 8.42 Å². The second-order valence-corrected chi connectivity index (χ2v) is 8.26. The lowest BCUT2D eigenvalue weighted by molar-refractivity contribution is 0.373. The highest BCUT2D eigenvalue weighted by Gasteiger charge is 2.29. The van der Waals surface area contributed by atoms with Crippen LogP contribution in [0.1, 0.15) is 44.1 Å². The molecule has 21 heavy (non-hydrogen) atoms. The van der Waals surface area contributed by atoms with E-state index >= 15 is 0 Å². The van der Waals surface area contributed by atoms with Gasteiger partial charge in [0.1, 0.15) is 0 Å². The lowest BCUT2D eigenvalue weighted by Gasteiger charge is -2.23. The Labute approximate surface area is 127 Å². The van der Waals surface area contributed by atoms with E-state index in [4.69, 9.17) is 0 Å². The Morgan fingerprint density at radius 1 is 1.10 bits per heavy atom. The van der Waals surface area contributed by atoms with E-state index in [-0.39, 0.29) is 6.04 Å². The molecule has 0 amide bonds. The molecule has 1 N–H and O–H groups in total. The third-order valence-electron chi connectivity index (χ3n) is 4.61. The highest BCUT2D eigenvalue weighted by atomic mass is 32.2. The molecule has 116 valence electrons. The summed E-state index contributed by atoms with van der Waals surface area (Å²) in [7, 11) is -1.63. The molecule has 2 aliphatic rings. The summed E-state index contributed by atoms with van der Waals surface area (Å²) in [5.74, 6) is 0. The highest BCUT2D eigenvalue weighted by Crippen LogP contribution is 2.27. The summed E-state index contributed by atoms with van der Waals surface area (Å²) in [5, 5.41) is 3.44. The van der Waals surface area contributed by atoms with Gasteiger partial charge in [0.05, 0.1) is 4.90 Å². The van der Waals surface area contributed by atoms with Gasteiger partial charge in [0.15, 0.2) is 0 Å². The van der Waals surface area contributed by atoms with Crippen molar-refractivity contribution in [3.8, 4) is 0 Å². The summed E-state index contributed by atoms with van der Waals surface area (Å²) in [6.45, 7) is 0.823. The van der Waals surface area contributed by atoms with E-state index in [0.29, 0.717) is 10.9 Å². The molecule has 0 heterocycles. The van der Waals surface area contributed by atoms with Gasteiger partial charge in [-0.25, -0.2) is 8.42 Å². The van der Waals surface area contributed by atoms with Gasteiger partial charge in [0.2, 0.25) is 10.0 Å². The Hall–Kier alpha value is -0.910. The van der Waals surface area contributed by atoms with Crippen molar-refractivity contribution in [1.82, 2.24) is 9.62 Å². The minimum absolute atomic E-state index is 0.172. The van der Waals surface area contributed by atoms with Crippen molar-refractivity contribution in [3.63, 3.8) is 0 Å². The molecule has 2 fully saturated rings. The van der Waals surface area contributed by atoms with Crippen molar-refractivity contribution in [1.29, 1.82) is 0 Å². The molecule has 0 bridgehead atoms. The second kappa shape index (κ2) is 6.07. The summed E-state index contributed by atoms with van der Waals surface area (Å²) in [6.07, 6.45) is 6.77. The van der Waals surface area contributed by atoms with E-state index in [1.165, 1.54) is 12.8 Å². The first-order chi connectivity index (χ1) is 10.1.